The Balaban J connectivity index is 2.80. The predicted octanol–water partition coefficient (Wildman–Crippen LogP) is 2.72. The van der Waals surface area contributed by atoms with Crippen LogP contribution in [0, 0.1) is 11.7 Å². The van der Waals surface area contributed by atoms with E-state index in [1.54, 1.807) is 26.0 Å². The van der Waals surface area contributed by atoms with Gasteiger partial charge in [-0.2, -0.15) is 0 Å². The van der Waals surface area contributed by atoms with Crippen molar-refractivity contribution in [3.8, 4) is 0 Å². The van der Waals surface area contributed by atoms with E-state index < -0.39 is 11.9 Å². The maximum Gasteiger partial charge on any atom is 0.165 e. The van der Waals surface area contributed by atoms with Gasteiger partial charge in [-0.05, 0) is 29.7 Å². The summed E-state index contributed by atoms with van der Waals surface area (Å²) in [6, 6.07) is 4.43. The number of hydrogen-bond acceptors (Lipinski definition) is 2. The lowest BCUT2D eigenvalue weighted by molar-refractivity contribution is -0.128. The molecule has 88 valence electrons. The van der Waals surface area contributed by atoms with Crippen molar-refractivity contribution >= 4 is 21.7 Å². The zero-order chi connectivity index (χ0) is 12.3. The second-order valence-corrected chi connectivity index (χ2v) is 4.98. The summed E-state index contributed by atoms with van der Waals surface area (Å²) in [6.45, 7) is 3.50. The number of Topliss-reactive ketones (excluding diaryl/α,β-unsaturated/α-hetero) is 1. The molecule has 0 saturated carbocycles. The minimum absolute atomic E-state index is 0.0788. The number of hydrogen-bond donors (Lipinski definition) is 1. The number of halogens is 2. The van der Waals surface area contributed by atoms with Crippen LogP contribution in [0.3, 0.4) is 0 Å². The average Bonchev–Trinajstić information content (AvgIpc) is 2.22. The first-order valence-electron chi connectivity index (χ1n) is 5.06. The van der Waals surface area contributed by atoms with Gasteiger partial charge in [-0.1, -0.05) is 29.8 Å². The molecule has 0 aromatic heterocycles. The number of benzene rings is 1. The first-order chi connectivity index (χ1) is 7.41. The lowest BCUT2D eigenvalue weighted by Gasteiger charge is -2.13. The first-order valence-corrected chi connectivity index (χ1v) is 5.86. The molecule has 0 aliphatic heterocycles. The van der Waals surface area contributed by atoms with Gasteiger partial charge in [0.15, 0.2) is 5.78 Å². The van der Waals surface area contributed by atoms with Crippen molar-refractivity contribution in [3.05, 3.63) is 34.1 Å². The minimum Gasteiger partial charge on any atom is -0.385 e. The molecule has 0 spiro atoms. The SMILES string of the molecule is CC(C)C(O)C(=O)Cc1cc(Br)ccc1F. The Bertz CT molecular complexity index is 391. The molecule has 4 heteroatoms. The molecule has 1 aromatic rings. The maximum atomic E-state index is 13.3. The lowest BCUT2D eigenvalue weighted by atomic mass is 9.98. The molecule has 0 bridgehead atoms. The van der Waals surface area contributed by atoms with Gasteiger partial charge >= 0.3 is 0 Å². The summed E-state index contributed by atoms with van der Waals surface area (Å²) in [5, 5.41) is 9.53. The summed E-state index contributed by atoms with van der Waals surface area (Å²) in [7, 11) is 0. The van der Waals surface area contributed by atoms with Gasteiger partial charge in [0.25, 0.3) is 0 Å². The summed E-state index contributed by atoms with van der Waals surface area (Å²) >= 11 is 3.21. The summed E-state index contributed by atoms with van der Waals surface area (Å²) in [6.07, 6.45) is -1.11. The van der Waals surface area contributed by atoms with Crippen LogP contribution >= 0.6 is 15.9 Å². The third-order valence-electron chi connectivity index (χ3n) is 2.33. The number of rotatable bonds is 4. The normalized spacial score (nSPS) is 12.9. The van der Waals surface area contributed by atoms with Gasteiger partial charge in [-0.25, -0.2) is 4.39 Å². The summed E-state index contributed by atoms with van der Waals surface area (Å²) < 4.78 is 14.1. The van der Waals surface area contributed by atoms with E-state index in [9.17, 15) is 14.3 Å². The lowest BCUT2D eigenvalue weighted by Crippen LogP contribution is -2.27. The van der Waals surface area contributed by atoms with Gasteiger partial charge < -0.3 is 5.11 Å². The number of carbonyl (C=O) groups excluding carboxylic acids is 1. The molecule has 2 nitrogen and oxygen atoms in total. The molecule has 16 heavy (non-hydrogen) atoms. The van der Waals surface area contributed by atoms with Gasteiger partial charge in [0.1, 0.15) is 11.9 Å². The van der Waals surface area contributed by atoms with Crippen molar-refractivity contribution in [2.24, 2.45) is 5.92 Å². The van der Waals surface area contributed by atoms with Crippen LogP contribution in [0.2, 0.25) is 0 Å². The molecule has 1 unspecified atom stereocenters. The molecular formula is C12H14BrFO2. The topological polar surface area (TPSA) is 37.3 Å². The standard InChI is InChI=1S/C12H14BrFO2/c1-7(2)12(16)11(15)6-8-5-9(13)3-4-10(8)14/h3-5,7,12,16H,6H2,1-2H3. The Hall–Kier alpha value is -0.740. The molecular weight excluding hydrogens is 275 g/mol. The Morgan fingerprint density at radius 3 is 2.69 bits per heavy atom. The third kappa shape index (κ3) is 3.39. The van der Waals surface area contributed by atoms with Gasteiger partial charge in [0.05, 0.1) is 0 Å². The molecule has 0 heterocycles. The molecule has 0 radical (unpaired) electrons. The van der Waals surface area contributed by atoms with E-state index in [1.807, 2.05) is 0 Å². The molecule has 1 aromatic carbocycles. The van der Waals surface area contributed by atoms with Gasteiger partial charge in [0, 0.05) is 10.9 Å². The van der Waals surface area contributed by atoms with Crippen molar-refractivity contribution in [3.63, 3.8) is 0 Å². The summed E-state index contributed by atoms with van der Waals surface area (Å²) in [4.78, 5) is 11.6. The van der Waals surface area contributed by atoms with E-state index in [-0.39, 0.29) is 18.1 Å². The first kappa shape index (κ1) is 13.3. The number of aliphatic hydroxyl groups is 1. The van der Waals surface area contributed by atoms with Crippen molar-refractivity contribution in [2.45, 2.75) is 26.4 Å². The monoisotopic (exact) mass is 288 g/mol. The minimum atomic E-state index is -1.03. The quantitative estimate of drug-likeness (QED) is 0.925. The van der Waals surface area contributed by atoms with E-state index in [0.29, 0.717) is 5.56 Å². The van der Waals surface area contributed by atoms with Crippen LogP contribution in [0.15, 0.2) is 22.7 Å². The Morgan fingerprint density at radius 2 is 2.12 bits per heavy atom. The van der Waals surface area contributed by atoms with Crippen molar-refractivity contribution in [2.75, 3.05) is 0 Å². The summed E-state index contributed by atoms with van der Waals surface area (Å²) in [5.74, 6) is -0.928. The molecule has 1 N–H and O–H groups in total. The smallest absolute Gasteiger partial charge is 0.165 e. The van der Waals surface area contributed by atoms with E-state index in [4.69, 9.17) is 0 Å². The number of aliphatic hydroxyl groups excluding tert-OH is 1. The fraction of sp³-hybridized carbons (Fsp3) is 0.417. The maximum absolute atomic E-state index is 13.3. The van der Waals surface area contributed by atoms with Crippen LogP contribution < -0.4 is 0 Å². The van der Waals surface area contributed by atoms with E-state index >= 15 is 0 Å². The molecule has 1 atom stereocenters. The zero-order valence-corrected chi connectivity index (χ0v) is 10.8. The van der Waals surface area contributed by atoms with E-state index in [0.717, 1.165) is 4.47 Å². The van der Waals surface area contributed by atoms with E-state index in [2.05, 4.69) is 15.9 Å². The van der Waals surface area contributed by atoms with Crippen LogP contribution in [-0.2, 0) is 11.2 Å². The fourth-order valence-corrected chi connectivity index (χ4v) is 1.75. The number of ketones is 1. The molecule has 1 rings (SSSR count). The molecule has 0 amide bonds. The van der Waals surface area contributed by atoms with Gasteiger partial charge in [0.2, 0.25) is 0 Å². The molecule has 0 aliphatic rings. The number of carbonyl (C=O) groups is 1. The van der Waals surface area contributed by atoms with E-state index in [1.165, 1.54) is 6.07 Å². The Kier molecular flexibility index (Phi) is 4.62. The van der Waals surface area contributed by atoms with Crippen LogP contribution in [0.5, 0.6) is 0 Å². The molecule has 0 fully saturated rings. The highest BCUT2D eigenvalue weighted by Crippen LogP contribution is 2.17. The highest BCUT2D eigenvalue weighted by atomic mass is 79.9. The zero-order valence-electron chi connectivity index (χ0n) is 9.21. The van der Waals surface area contributed by atoms with Gasteiger partial charge in [-0.3, -0.25) is 4.79 Å². The highest BCUT2D eigenvalue weighted by molar-refractivity contribution is 9.10. The second kappa shape index (κ2) is 5.55. The highest BCUT2D eigenvalue weighted by Gasteiger charge is 2.20. The molecule has 0 saturated heterocycles. The van der Waals surface area contributed by atoms with Crippen LogP contribution in [0.1, 0.15) is 19.4 Å². The van der Waals surface area contributed by atoms with Gasteiger partial charge in [-0.15, -0.1) is 0 Å². The van der Waals surface area contributed by atoms with Crippen LogP contribution in [-0.4, -0.2) is 17.0 Å². The van der Waals surface area contributed by atoms with Crippen molar-refractivity contribution < 1.29 is 14.3 Å². The second-order valence-electron chi connectivity index (χ2n) is 4.07. The average molecular weight is 289 g/mol. The van der Waals surface area contributed by atoms with Crippen LogP contribution in [0.4, 0.5) is 4.39 Å². The summed E-state index contributed by atoms with van der Waals surface area (Å²) in [5.41, 5.74) is 0.305. The largest absolute Gasteiger partial charge is 0.385 e. The van der Waals surface area contributed by atoms with Crippen LogP contribution in [0.25, 0.3) is 0 Å². The Labute approximate surface area is 103 Å². The fourth-order valence-electron chi connectivity index (χ4n) is 1.34. The van der Waals surface area contributed by atoms with Crippen molar-refractivity contribution in [1.29, 1.82) is 0 Å². The molecule has 0 aliphatic carbocycles. The Morgan fingerprint density at radius 1 is 1.50 bits per heavy atom. The van der Waals surface area contributed by atoms with Crippen molar-refractivity contribution in [1.82, 2.24) is 0 Å². The predicted molar refractivity (Wildman–Crippen MR) is 63.7 cm³/mol. The third-order valence-corrected chi connectivity index (χ3v) is 2.83.